The maximum atomic E-state index is 13.9. The molecule has 8 nitrogen and oxygen atoms in total. The Bertz CT molecular complexity index is 826. The zero-order valence-corrected chi connectivity index (χ0v) is 22.3. The molecule has 2 aliphatic carbocycles. The van der Waals surface area contributed by atoms with Gasteiger partial charge in [-0.25, -0.2) is 0 Å². The van der Waals surface area contributed by atoms with Gasteiger partial charge in [-0.2, -0.15) is 0 Å². The van der Waals surface area contributed by atoms with Crippen molar-refractivity contribution in [2.75, 3.05) is 32.7 Å². The number of benzene rings is 1. The van der Waals surface area contributed by atoms with Gasteiger partial charge in [0.2, 0.25) is 11.8 Å². The van der Waals surface area contributed by atoms with Crippen molar-refractivity contribution >= 4 is 17.5 Å². The summed E-state index contributed by atoms with van der Waals surface area (Å²) in [5.41, 5.74) is 0.744. The fourth-order valence-electron chi connectivity index (χ4n) is 5.88. The molecule has 2 amide bonds. The lowest BCUT2D eigenvalue weighted by Crippen LogP contribution is -3.12. The first-order chi connectivity index (χ1) is 17.4. The molecule has 36 heavy (non-hydrogen) atoms. The topological polar surface area (TPSA) is 88.2 Å². The third-order valence-electron chi connectivity index (χ3n) is 8.14. The number of rotatable bonds is 12. The standard InChI is InChI=1S/C28H44N4O4/c1-3-29(4-2)19-20-30(27(33)21-23-15-17-26(18-16-23)32(35)36)22-28(34)31(24-11-7-5-8-12-24)25-13-9-6-10-14-25/h15-18,24-25H,3-14,19-22H2,1-2H3/p+1. The van der Waals surface area contributed by atoms with Crippen molar-refractivity contribution in [1.29, 1.82) is 0 Å². The molecule has 0 saturated heterocycles. The highest BCUT2D eigenvalue weighted by atomic mass is 16.6. The van der Waals surface area contributed by atoms with E-state index in [4.69, 9.17) is 0 Å². The van der Waals surface area contributed by atoms with Gasteiger partial charge in [-0.05, 0) is 45.1 Å². The Kier molecular flexibility index (Phi) is 11.2. The van der Waals surface area contributed by atoms with Gasteiger partial charge < -0.3 is 14.7 Å². The Balaban J connectivity index is 1.75. The number of carbonyl (C=O) groups excluding carboxylic acids is 2. The molecule has 0 aliphatic heterocycles. The Morgan fingerprint density at radius 2 is 1.42 bits per heavy atom. The second-order valence-electron chi connectivity index (χ2n) is 10.5. The van der Waals surface area contributed by atoms with Crippen LogP contribution in [0, 0.1) is 10.1 Å². The van der Waals surface area contributed by atoms with Crippen molar-refractivity contribution in [2.45, 2.75) is 96.6 Å². The van der Waals surface area contributed by atoms with Gasteiger partial charge in [0.1, 0.15) is 0 Å². The van der Waals surface area contributed by atoms with Crippen LogP contribution in [0.5, 0.6) is 0 Å². The summed E-state index contributed by atoms with van der Waals surface area (Å²) in [4.78, 5) is 43.2. The fraction of sp³-hybridized carbons (Fsp3) is 0.714. The molecule has 0 radical (unpaired) electrons. The van der Waals surface area contributed by atoms with Crippen LogP contribution in [-0.2, 0) is 16.0 Å². The van der Waals surface area contributed by atoms with Gasteiger partial charge in [0.25, 0.3) is 5.69 Å². The molecule has 0 atom stereocenters. The van der Waals surface area contributed by atoms with Crippen LogP contribution >= 0.6 is 0 Å². The minimum atomic E-state index is -0.436. The smallest absolute Gasteiger partial charge is 0.269 e. The maximum Gasteiger partial charge on any atom is 0.269 e. The van der Waals surface area contributed by atoms with E-state index >= 15 is 0 Å². The summed E-state index contributed by atoms with van der Waals surface area (Å²) in [6.07, 6.45) is 11.6. The highest BCUT2D eigenvalue weighted by Gasteiger charge is 2.34. The molecule has 0 bridgehead atoms. The Labute approximate surface area is 216 Å². The highest BCUT2D eigenvalue weighted by Crippen LogP contribution is 2.30. The molecule has 3 rings (SSSR count). The summed E-state index contributed by atoms with van der Waals surface area (Å²) in [5.74, 6) is 0.0105. The van der Waals surface area contributed by atoms with Gasteiger partial charge in [0.15, 0.2) is 0 Å². The van der Waals surface area contributed by atoms with Crippen molar-refractivity contribution in [3.8, 4) is 0 Å². The van der Waals surface area contributed by atoms with Crippen LogP contribution in [0.1, 0.15) is 83.6 Å². The predicted octanol–water partition coefficient (Wildman–Crippen LogP) is 3.38. The second kappa shape index (κ2) is 14.3. The molecule has 8 heteroatoms. The highest BCUT2D eigenvalue weighted by molar-refractivity contribution is 5.86. The monoisotopic (exact) mass is 501 g/mol. The fourth-order valence-corrected chi connectivity index (χ4v) is 5.88. The number of hydrogen-bond acceptors (Lipinski definition) is 4. The second-order valence-corrected chi connectivity index (χ2v) is 10.5. The Morgan fingerprint density at radius 3 is 1.89 bits per heavy atom. The molecule has 1 N–H and O–H groups in total. The molecule has 2 aliphatic rings. The summed E-state index contributed by atoms with van der Waals surface area (Å²) in [5, 5.41) is 11.0. The summed E-state index contributed by atoms with van der Waals surface area (Å²) in [6.45, 7) is 7.70. The number of likely N-dealkylation sites (N-methyl/N-ethyl adjacent to an activating group) is 1. The van der Waals surface area contributed by atoms with Crippen molar-refractivity contribution < 1.29 is 19.4 Å². The van der Waals surface area contributed by atoms with E-state index in [2.05, 4.69) is 18.7 Å². The molecule has 2 saturated carbocycles. The Morgan fingerprint density at radius 1 is 0.889 bits per heavy atom. The van der Waals surface area contributed by atoms with Gasteiger partial charge in [0, 0.05) is 24.2 Å². The van der Waals surface area contributed by atoms with Crippen molar-refractivity contribution in [3.05, 3.63) is 39.9 Å². The van der Waals surface area contributed by atoms with Crippen LogP contribution in [0.15, 0.2) is 24.3 Å². The lowest BCUT2D eigenvalue weighted by Gasteiger charge is -2.42. The van der Waals surface area contributed by atoms with Crippen LogP contribution in [0.4, 0.5) is 5.69 Å². The number of nitrogens with one attached hydrogen (secondary N) is 1. The maximum absolute atomic E-state index is 13.9. The number of nitro groups is 1. The lowest BCUT2D eigenvalue weighted by atomic mass is 9.88. The average Bonchev–Trinajstić information content (AvgIpc) is 2.90. The van der Waals surface area contributed by atoms with E-state index in [0.717, 1.165) is 50.9 Å². The molecule has 0 heterocycles. The van der Waals surface area contributed by atoms with Crippen LogP contribution < -0.4 is 4.90 Å². The van der Waals surface area contributed by atoms with E-state index in [-0.39, 0.29) is 30.5 Å². The quantitative estimate of drug-likeness (QED) is 0.351. The van der Waals surface area contributed by atoms with Crippen molar-refractivity contribution in [2.24, 2.45) is 0 Å². The van der Waals surface area contributed by atoms with Gasteiger partial charge in [0.05, 0.1) is 44.1 Å². The summed E-state index contributed by atoms with van der Waals surface area (Å²) in [7, 11) is 0. The molecular weight excluding hydrogens is 456 g/mol. The molecular formula is C28H45N4O4+. The molecule has 1 aromatic carbocycles. The van der Waals surface area contributed by atoms with Gasteiger partial charge in [-0.3, -0.25) is 19.7 Å². The normalized spacial score (nSPS) is 17.2. The zero-order valence-electron chi connectivity index (χ0n) is 22.3. The first kappa shape index (κ1) is 28.1. The van der Waals surface area contributed by atoms with Crippen molar-refractivity contribution in [3.63, 3.8) is 0 Å². The van der Waals surface area contributed by atoms with Crippen molar-refractivity contribution in [1.82, 2.24) is 9.80 Å². The van der Waals surface area contributed by atoms with Gasteiger partial charge >= 0.3 is 0 Å². The largest absolute Gasteiger partial charge is 0.335 e. The summed E-state index contributed by atoms with van der Waals surface area (Å²) >= 11 is 0. The lowest BCUT2D eigenvalue weighted by molar-refractivity contribution is -0.895. The Hall–Kier alpha value is -2.48. The number of hydrogen-bond donors (Lipinski definition) is 1. The molecule has 0 aromatic heterocycles. The van der Waals surface area contributed by atoms with Crippen LogP contribution in [-0.4, -0.2) is 71.3 Å². The third kappa shape index (κ3) is 8.02. The number of amides is 2. The SMILES string of the molecule is CC[NH+](CC)CCN(CC(=O)N(C1CCCCC1)C1CCCCC1)C(=O)Cc1ccc([N+](=O)[O-])cc1. The molecule has 2 fully saturated rings. The number of quaternary nitrogens is 1. The first-order valence-corrected chi connectivity index (χ1v) is 14.1. The number of non-ortho nitro benzene ring substituents is 1. The third-order valence-corrected chi connectivity index (χ3v) is 8.14. The molecule has 200 valence electrons. The van der Waals surface area contributed by atoms with E-state index in [9.17, 15) is 19.7 Å². The minimum Gasteiger partial charge on any atom is -0.335 e. The van der Waals surface area contributed by atoms with Crippen LogP contribution in [0.2, 0.25) is 0 Å². The average molecular weight is 502 g/mol. The zero-order chi connectivity index (χ0) is 25.9. The summed E-state index contributed by atoms with van der Waals surface area (Å²) < 4.78 is 0. The minimum absolute atomic E-state index is 0.0129. The van der Waals surface area contributed by atoms with E-state index in [1.54, 1.807) is 17.0 Å². The predicted molar refractivity (Wildman–Crippen MR) is 141 cm³/mol. The molecule has 1 aromatic rings. The van der Waals surface area contributed by atoms with Gasteiger partial charge in [-0.1, -0.05) is 50.7 Å². The molecule has 0 unspecified atom stereocenters. The number of nitro benzene ring substituents is 1. The van der Waals surface area contributed by atoms with Crippen LogP contribution in [0.25, 0.3) is 0 Å². The summed E-state index contributed by atoms with van der Waals surface area (Å²) in [6, 6.07) is 6.76. The van der Waals surface area contributed by atoms with Crippen LogP contribution in [0.3, 0.4) is 0 Å². The van der Waals surface area contributed by atoms with E-state index in [1.165, 1.54) is 55.6 Å². The molecule has 0 spiro atoms. The number of carbonyl (C=O) groups is 2. The first-order valence-electron chi connectivity index (χ1n) is 14.1. The van der Waals surface area contributed by atoms with E-state index < -0.39 is 4.92 Å². The van der Waals surface area contributed by atoms with Gasteiger partial charge in [-0.15, -0.1) is 0 Å². The van der Waals surface area contributed by atoms with E-state index in [1.807, 2.05) is 0 Å². The number of nitrogens with zero attached hydrogens (tertiary/aromatic N) is 3. The van der Waals surface area contributed by atoms with E-state index in [0.29, 0.717) is 18.6 Å².